The van der Waals surface area contributed by atoms with E-state index >= 15 is 0 Å². The maximum atomic E-state index is 12.5. The van der Waals surface area contributed by atoms with Crippen molar-refractivity contribution in [2.24, 2.45) is 0 Å². The Hall–Kier alpha value is -2.05. The highest BCUT2D eigenvalue weighted by atomic mass is 16.5. The highest BCUT2D eigenvalue weighted by Crippen LogP contribution is 2.28. The van der Waals surface area contributed by atoms with E-state index in [0.717, 1.165) is 26.3 Å². The first-order chi connectivity index (χ1) is 12.0. The van der Waals surface area contributed by atoms with Gasteiger partial charge < -0.3 is 19.5 Å². The second-order valence-corrected chi connectivity index (χ2v) is 6.56. The molecule has 1 aromatic carbocycles. The van der Waals surface area contributed by atoms with Gasteiger partial charge in [-0.3, -0.25) is 9.69 Å². The molecule has 6 nitrogen and oxygen atoms in total. The minimum absolute atomic E-state index is 0.128. The van der Waals surface area contributed by atoms with Crippen LogP contribution in [0.1, 0.15) is 24.2 Å². The van der Waals surface area contributed by atoms with Crippen LogP contribution in [0.15, 0.2) is 30.9 Å². The van der Waals surface area contributed by atoms with Crippen molar-refractivity contribution in [1.82, 2.24) is 10.2 Å². The zero-order valence-electron chi connectivity index (χ0n) is 15.3. The van der Waals surface area contributed by atoms with Crippen LogP contribution in [-0.2, 0) is 4.74 Å². The lowest BCUT2D eigenvalue weighted by molar-refractivity contribution is -0.00923. The van der Waals surface area contributed by atoms with E-state index in [9.17, 15) is 4.79 Å². The number of carbonyl (C=O) groups excluding carboxylic acids is 1. The van der Waals surface area contributed by atoms with E-state index in [0.29, 0.717) is 30.2 Å². The molecule has 1 amide bonds. The van der Waals surface area contributed by atoms with Crippen LogP contribution >= 0.6 is 0 Å². The van der Waals surface area contributed by atoms with Crippen LogP contribution in [0.2, 0.25) is 0 Å². The van der Waals surface area contributed by atoms with E-state index in [2.05, 4.69) is 30.6 Å². The molecule has 0 aliphatic carbocycles. The summed E-state index contributed by atoms with van der Waals surface area (Å²) in [5.74, 6) is 0.990. The van der Waals surface area contributed by atoms with Crippen molar-refractivity contribution < 1.29 is 19.0 Å². The van der Waals surface area contributed by atoms with Crippen molar-refractivity contribution >= 4 is 5.91 Å². The molecule has 0 atom stereocenters. The maximum Gasteiger partial charge on any atom is 0.251 e. The van der Waals surface area contributed by atoms with Gasteiger partial charge in [-0.2, -0.15) is 0 Å². The average Bonchev–Trinajstić information content (AvgIpc) is 2.65. The van der Waals surface area contributed by atoms with Gasteiger partial charge in [0.2, 0.25) is 0 Å². The standard InChI is InChI=1S/C19H28N2O4/c1-5-10-25-16-7-6-15(13-17(16)23-4)18(22)20-14-19(2,3)21-8-11-24-12-9-21/h5-7,13H,1,8-12,14H2,2-4H3,(H,20,22). The Kier molecular flexibility index (Phi) is 6.84. The summed E-state index contributed by atoms with van der Waals surface area (Å²) in [6, 6.07) is 5.16. The maximum absolute atomic E-state index is 12.5. The second kappa shape index (κ2) is 8.87. The fourth-order valence-corrected chi connectivity index (χ4v) is 2.76. The number of carbonyl (C=O) groups is 1. The molecule has 1 aromatic rings. The summed E-state index contributed by atoms with van der Waals surface area (Å²) >= 11 is 0. The van der Waals surface area contributed by atoms with Crippen LogP contribution in [0.3, 0.4) is 0 Å². The van der Waals surface area contributed by atoms with Gasteiger partial charge in [0.25, 0.3) is 5.91 Å². The molecule has 6 heteroatoms. The SMILES string of the molecule is C=CCOc1ccc(C(=O)NCC(C)(C)N2CCOCC2)cc1OC. The Labute approximate surface area is 149 Å². The molecule has 1 aliphatic heterocycles. The molecule has 2 rings (SSSR count). The zero-order valence-corrected chi connectivity index (χ0v) is 15.3. The van der Waals surface area contributed by atoms with Gasteiger partial charge in [-0.05, 0) is 32.0 Å². The van der Waals surface area contributed by atoms with Gasteiger partial charge in [-0.25, -0.2) is 0 Å². The lowest BCUT2D eigenvalue weighted by Gasteiger charge is -2.40. The van der Waals surface area contributed by atoms with E-state index < -0.39 is 0 Å². The molecule has 0 aromatic heterocycles. The fraction of sp³-hybridized carbons (Fsp3) is 0.526. The highest BCUT2D eigenvalue weighted by molar-refractivity contribution is 5.94. The molecule has 0 spiro atoms. The largest absolute Gasteiger partial charge is 0.493 e. The number of amides is 1. The number of morpholine rings is 1. The quantitative estimate of drug-likeness (QED) is 0.729. The predicted molar refractivity (Wildman–Crippen MR) is 97.5 cm³/mol. The monoisotopic (exact) mass is 348 g/mol. The summed E-state index contributed by atoms with van der Waals surface area (Å²) in [5.41, 5.74) is 0.414. The van der Waals surface area contributed by atoms with Gasteiger partial charge in [0, 0.05) is 30.7 Å². The zero-order chi connectivity index (χ0) is 18.3. The van der Waals surface area contributed by atoms with E-state index in [-0.39, 0.29) is 11.4 Å². The molecule has 0 bridgehead atoms. The van der Waals surface area contributed by atoms with Crippen LogP contribution in [-0.4, -0.2) is 62.9 Å². The molecule has 1 fully saturated rings. The van der Waals surface area contributed by atoms with Crippen molar-refractivity contribution in [1.29, 1.82) is 0 Å². The normalized spacial score (nSPS) is 15.5. The molecule has 0 radical (unpaired) electrons. The number of nitrogens with one attached hydrogen (secondary N) is 1. The van der Waals surface area contributed by atoms with E-state index in [1.165, 1.54) is 0 Å². The molecular weight excluding hydrogens is 320 g/mol. The van der Waals surface area contributed by atoms with Crippen LogP contribution in [0.25, 0.3) is 0 Å². The van der Waals surface area contributed by atoms with Gasteiger partial charge in [-0.1, -0.05) is 12.7 Å². The average molecular weight is 348 g/mol. The van der Waals surface area contributed by atoms with Gasteiger partial charge in [0.1, 0.15) is 6.61 Å². The highest BCUT2D eigenvalue weighted by Gasteiger charge is 2.28. The topological polar surface area (TPSA) is 60.0 Å². The molecule has 1 saturated heterocycles. The third kappa shape index (κ3) is 5.21. The number of hydrogen-bond donors (Lipinski definition) is 1. The number of rotatable bonds is 8. The van der Waals surface area contributed by atoms with Crippen molar-refractivity contribution in [2.45, 2.75) is 19.4 Å². The van der Waals surface area contributed by atoms with Crippen LogP contribution < -0.4 is 14.8 Å². The van der Waals surface area contributed by atoms with Crippen molar-refractivity contribution in [3.8, 4) is 11.5 Å². The number of ether oxygens (including phenoxy) is 3. The van der Waals surface area contributed by atoms with E-state index in [1.54, 1.807) is 31.4 Å². The summed E-state index contributed by atoms with van der Waals surface area (Å²) in [4.78, 5) is 14.8. The van der Waals surface area contributed by atoms with Crippen LogP contribution in [0.4, 0.5) is 0 Å². The summed E-state index contributed by atoms with van der Waals surface area (Å²) < 4.78 is 16.2. The Morgan fingerprint density at radius 2 is 2.08 bits per heavy atom. The Balaban J connectivity index is 1.98. The third-order valence-corrected chi connectivity index (χ3v) is 4.33. The minimum atomic E-state index is -0.130. The molecule has 1 aliphatic rings. The Morgan fingerprint density at radius 3 is 2.72 bits per heavy atom. The predicted octanol–water partition coefficient (Wildman–Crippen LogP) is 2.10. The molecule has 0 saturated carbocycles. The number of hydrogen-bond acceptors (Lipinski definition) is 5. The van der Waals surface area contributed by atoms with Gasteiger partial charge >= 0.3 is 0 Å². The smallest absolute Gasteiger partial charge is 0.251 e. The molecule has 1 N–H and O–H groups in total. The van der Waals surface area contributed by atoms with E-state index in [4.69, 9.17) is 14.2 Å². The Morgan fingerprint density at radius 1 is 1.36 bits per heavy atom. The van der Waals surface area contributed by atoms with Crippen molar-refractivity contribution in [3.63, 3.8) is 0 Å². The third-order valence-electron chi connectivity index (χ3n) is 4.33. The molecule has 1 heterocycles. The molecule has 138 valence electrons. The van der Waals surface area contributed by atoms with Gasteiger partial charge in [-0.15, -0.1) is 0 Å². The van der Waals surface area contributed by atoms with Gasteiger partial charge in [0.05, 0.1) is 20.3 Å². The van der Waals surface area contributed by atoms with Crippen molar-refractivity contribution in [2.75, 3.05) is 46.6 Å². The lowest BCUT2D eigenvalue weighted by atomic mass is 10.0. The van der Waals surface area contributed by atoms with E-state index in [1.807, 2.05) is 0 Å². The van der Waals surface area contributed by atoms with Crippen LogP contribution in [0.5, 0.6) is 11.5 Å². The van der Waals surface area contributed by atoms with Crippen LogP contribution in [0, 0.1) is 0 Å². The number of benzene rings is 1. The van der Waals surface area contributed by atoms with Crippen molar-refractivity contribution in [3.05, 3.63) is 36.4 Å². The molecule has 0 unspecified atom stereocenters. The first-order valence-electron chi connectivity index (χ1n) is 8.50. The summed E-state index contributed by atoms with van der Waals surface area (Å²) in [7, 11) is 1.55. The summed E-state index contributed by atoms with van der Waals surface area (Å²) in [6.07, 6.45) is 1.66. The minimum Gasteiger partial charge on any atom is -0.493 e. The lowest BCUT2D eigenvalue weighted by Crippen LogP contribution is -2.55. The number of nitrogens with zero attached hydrogens (tertiary/aromatic N) is 1. The molecule has 25 heavy (non-hydrogen) atoms. The molecular formula is C19H28N2O4. The summed E-state index contributed by atoms with van der Waals surface area (Å²) in [6.45, 7) is 12.1. The Bertz CT molecular complexity index is 595. The number of methoxy groups -OCH3 is 1. The first kappa shape index (κ1) is 19.3. The summed E-state index contributed by atoms with van der Waals surface area (Å²) in [5, 5.41) is 3.02. The van der Waals surface area contributed by atoms with Gasteiger partial charge in [0.15, 0.2) is 11.5 Å². The second-order valence-electron chi connectivity index (χ2n) is 6.56. The fourth-order valence-electron chi connectivity index (χ4n) is 2.76. The first-order valence-corrected chi connectivity index (χ1v) is 8.50.